The van der Waals surface area contributed by atoms with Gasteiger partial charge in [0.05, 0.1) is 6.54 Å². The van der Waals surface area contributed by atoms with E-state index in [0.29, 0.717) is 6.54 Å². The van der Waals surface area contributed by atoms with Gasteiger partial charge in [0.1, 0.15) is 0 Å². The number of hydrogen-bond acceptors (Lipinski definition) is 3. The van der Waals surface area contributed by atoms with E-state index < -0.39 is 0 Å². The number of hydrogen-bond donors (Lipinski definition) is 0. The van der Waals surface area contributed by atoms with Crippen molar-refractivity contribution in [2.75, 3.05) is 26.7 Å². The molecule has 1 aromatic heterocycles. The molecule has 1 aliphatic heterocycles. The van der Waals surface area contributed by atoms with E-state index in [1.807, 2.05) is 25.4 Å². The van der Waals surface area contributed by atoms with Crippen molar-refractivity contribution in [2.24, 2.45) is 0 Å². The fourth-order valence-electron chi connectivity index (χ4n) is 1.69. The Kier molecular flexibility index (Phi) is 2.97. The first-order valence-corrected chi connectivity index (χ1v) is 5.11. The lowest BCUT2D eigenvalue weighted by Gasteiger charge is -2.31. The van der Waals surface area contributed by atoms with Crippen LogP contribution in [0.1, 0.15) is 5.56 Å². The minimum atomic E-state index is 0.199. The molecule has 1 fully saturated rings. The molecular weight excluding hydrogens is 190 g/mol. The van der Waals surface area contributed by atoms with Crippen LogP contribution in [0.25, 0.3) is 0 Å². The summed E-state index contributed by atoms with van der Waals surface area (Å²) in [6.45, 7) is 3.09. The summed E-state index contributed by atoms with van der Waals surface area (Å²) < 4.78 is 0. The molecule has 15 heavy (non-hydrogen) atoms. The Hall–Kier alpha value is -1.42. The van der Waals surface area contributed by atoms with Crippen molar-refractivity contribution in [3.63, 3.8) is 0 Å². The predicted octanol–water partition coefficient (Wildman–Crippen LogP) is 0.356. The highest BCUT2D eigenvalue weighted by Gasteiger charge is 2.20. The second kappa shape index (κ2) is 4.40. The fourth-order valence-corrected chi connectivity index (χ4v) is 1.69. The normalized spacial score (nSPS) is 18.2. The second-order valence-electron chi connectivity index (χ2n) is 3.89. The summed E-state index contributed by atoms with van der Waals surface area (Å²) in [4.78, 5) is 19.5. The summed E-state index contributed by atoms with van der Waals surface area (Å²) in [5, 5.41) is 0. The van der Waals surface area contributed by atoms with Gasteiger partial charge in [0, 0.05) is 39.1 Å². The SMILES string of the molecule is CN1CCN(Cc2cccnc2)CC1=O. The van der Waals surface area contributed by atoms with Gasteiger partial charge in [-0.2, -0.15) is 0 Å². The quantitative estimate of drug-likeness (QED) is 0.699. The molecule has 0 radical (unpaired) electrons. The Bertz CT molecular complexity index is 339. The molecule has 0 bridgehead atoms. The number of pyridine rings is 1. The van der Waals surface area contributed by atoms with Gasteiger partial charge in [0.2, 0.25) is 5.91 Å². The third kappa shape index (κ3) is 2.53. The molecule has 0 saturated carbocycles. The zero-order chi connectivity index (χ0) is 10.7. The van der Waals surface area contributed by atoms with Crippen LogP contribution >= 0.6 is 0 Å². The van der Waals surface area contributed by atoms with E-state index in [9.17, 15) is 4.79 Å². The lowest BCUT2D eigenvalue weighted by molar-refractivity contribution is -0.134. The van der Waals surface area contributed by atoms with Crippen LogP contribution in [0.3, 0.4) is 0 Å². The minimum Gasteiger partial charge on any atom is -0.343 e. The molecule has 1 amide bonds. The largest absolute Gasteiger partial charge is 0.343 e. The van der Waals surface area contributed by atoms with Gasteiger partial charge in [-0.1, -0.05) is 6.07 Å². The highest BCUT2D eigenvalue weighted by Crippen LogP contribution is 2.06. The van der Waals surface area contributed by atoms with E-state index in [2.05, 4.69) is 9.88 Å². The molecule has 2 rings (SSSR count). The second-order valence-corrected chi connectivity index (χ2v) is 3.89. The van der Waals surface area contributed by atoms with E-state index in [0.717, 1.165) is 25.2 Å². The van der Waals surface area contributed by atoms with Crippen molar-refractivity contribution in [3.8, 4) is 0 Å². The van der Waals surface area contributed by atoms with Crippen LogP contribution in [0.2, 0.25) is 0 Å². The van der Waals surface area contributed by atoms with Gasteiger partial charge >= 0.3 is 0 Å². The molecule has 0 spiro atoms. The van der Waals surface area contributed by atoms with Crippen molar-refractivity contribution in [1.29, 1.82) is 0 Å². The molecule has 2 heterocycles. The number of amides is 1. The number of nitrogens with zero attached hydrogens (tertiary/aromatic N) is 3. The van der Waals surface area contributed by atoms with Crippen molar-refractivity contribution < 1.29 is 4.79 Å². The van der Waals surface area contributed by atoms with Crippen molar-refractivity contribution in [2.45, 2.75) is 6.54 Å². The smallest absolute Gasteiger partial charge is 0.236 e. The summed E-state index contributed by atoms with van der Waals surface area (Å²) >= 11 is 0. The van der Waals surface area contributed by atoms with Crippen LogP contribution in [-0.4, -0.2) is 47.4 Å². The number of aromatic nitrogens is 1. The molecule has 0 atom stereocenters. The molecule has 80 valence electrons. The number of likely N-dealkylation sites (N-methyl/N-ethyl adjacent to an activating group) is 1. The van der Waals surface area contributed by atoms with Crippen molar-refractivity contribution >= 4 is 5.91 Å². The van der Waals surface area contributed by atoms with Crippen molar-refractivity contribution in [1.82, 2.24) is 14.8 Å². The molecule has 0 aromatic carbocycles. The van der Waals surface area contributed by atoms with E-state index in [4.69, 9.17) is 0 Å². The summed E-state index contributed by atoms with van der Waals surface area (Å²) in [5.41, 5.74) is 1.16. The predicted molar refractivity (Wildman–Crippen MR) is 57.2 cm³/mol. The Morgan fingerprint density at radius 3 is 3.00 bits per heavy atom. The van der Waals surface area contributed by atoms with Gasteiger partial charge in [-0.25, -0.2) is 0 Å². The van der Waals surface area contributed by atoms with Gasteiger partial charge < -0.3 is 4.90 Å². The molecule has 4 heteroatoms. The number of rotatable bonds is 2. The molecule has 0 unspecified atom stereocenters. The number of piperazine rings is 1. The third-order valence-electron chi connectivity index (χ3n) is 2.67. The molecule has 0 aliphatic carbocycles. The monoisotopic (exact) mass is 205 g/mol. The first-order chi connectivity index (χ1) is 7.25. The minimum absolute atomic E-state index is 0.199. The summed E-state index contributed by atoms with van der Waals surface area (Å²) in [6, 6.07) is 3.96. The van der Waals surface area contributed by atoms with Crippen LogP contribution in [0.15, 0.2) is 24.5 Å². The first kappa shape index (κ1) is 10.1. The maximum atomic E-state index is 11.5. The average Bonchev–Trinajstić information content (AvgIpc) is 2.25. The lowest BCUT2D eigenvalue weighted by Crippen LogP contribution is -2.47. The standard InChI is InChI=1S/C11H15N3O/c1-13-5-6-14(9-11(13)15)8-10-3-2-4-12-7-10/h2-4,7H,5-6,8-9H2,1H3. The molecule has 1 aromatic rings. The summed E-state index contributed by atoms with van der Waals surface area (Å²) in [5.74, 6) is 0.199. The van der Waals surface area contributed by atoms with Crippen molar-refractivity contribution in [3.05, 3.63) is 30.1 Å². The Labute approximate surface area is 89.5 Å². The van der Waals surface area contributed by atoms with Gasteiger partial charge in [0.15, 0.2) is 0 Å². The Morgan fingerprint density at radius 1 is 1.47 bits per heavy atom. The fraction of sp³-hybridized carbons (Fsp3) is 0.455. The zero-order valence-corrected chi connectivity index (χ0v) is 8.89. The molecular formula is C11H15N3O. The van der Waals surface area contributed by atoms with Crippen LogP contribution < -0.4 is 0 Å². The molecule has 1 saturated heterocycles. The average molecular weight is 205 g/mol. The number of carbonyl (C=O) groups is 1. The van der Waals surface area contributed by atoms with Crippen LogP contribution in [-0.2, 0) is 11.3 Å². The lowest BCUT2D eigenvalue weighted by atomic mass is 10.2. The summed E-state index contributed by atoms with van der Waals surface area (Å²) in [6.07, 6.45) is 3.61. The van der Waals surface area contributed by atoms with Crippen LogP contribution in [0.4, 0.5) is 0 Å². The highest BCUT2D eigenvalue weighted by molar-refractivity contribution is 5.78. The van der Waals surface area contributed by atoms with Crippen LogP contribution in [0.5, 0.6) is 0 Å². The van der Waals surface area contributed by atoms with Gasteiger partial charge in [-0.05, 0) is 11.6 Å². The van der Waals surface area contributed by atoms with Crippen LogP contribution in [0, 0.1) is 0 Å². The van der Waals surface area contributed by atoms with Gasteiger partial charge in [-0.15, -0.1) is 0 Å². The van der Waals surface area contributed by atoms with Gasteiger partial charge in [0.25, 0.3) is 0 Å². The molecule has 4 nitrogen and oxygen atoms in total. The van der Waals surface area contributed by atoms with E-state index in [1.165, 1.54) is 0 Å². The molecule has 1 aliphatic rings. The maximum absolute atomic E-state index is 11.5. The maximum Gasteiger partial charge on any atom is 0.236 e. The summed E-state index contributed by atoms with van der Waals surface area (Å²) in [7, 11) is 1.85. The van der Waals surface area contributed by atoms with E-state index in [-0.39, 0.29) is 5.91 Å². The Morgan fingerprint density at radius 2 is 2.33 bits per heavy atom. The first-order valence-electron chi connectivity index (χ1n) is 5.11. The van der Waals surface area contributed by atoms with E-state index in [1.54, 1.807) is 11.1 Å². The molecule has 0 N–H and O–H groups in total. The van der Waals surface area contributed by atoms with E-state index >= 15 is 0 Å². The van der Waals surface area contributed by atoms with Gasteiger partial charge in [-0.3, -0.25) is 14.7 Å². The third-order valence-corrected chi connectivity index (χ3v) is 2.67. The highest BCUT2D eigenvalue weighted by atomic mass is 16.2. The zero-order valence-electron chi connectivity index (χ0n) is 8.89. The Balaban J connectivity index is 1.94. The topological polar surface area (TPSA) is 36.4 Å². The number of carbonyl (C=O) groups excluding carboxylic acids is 1.